The lowest BCUT2D eigenvalue weighted by Gasteiger charge is -2.18. The van der Waals surface area contributed by atoms with Crippen molar-refractivity contribution in [3.05, 3.63) is 48.6 Å². The van der Waals surface area contributed by atoms with Gasteiger partial charge in [0.15, 0.2) is 6.10 Å². The molecule has 0 amide bonds. The normalized spacial score (nSPS) is 12.3. The molecule has 0 spiro atoms. The van der Waals surface area contributed by atoms with E-state index in [-0.39, 0.29) is 31.1 Å². The van der Waals surface area contributed by atoms with Gasteiger partial charge in [-0.25, -0.2) is 0 Å². The maximum absolute atomic E-state index is 12.9. The molecule has 0 heterocycles. The van der Waals surface area contributed by atoms with Crippen LogP contribution in [0.1, 0.15) is 393 Å². The van der Waals surface area contributed by atoms with E-state index in [1.165, 1.54) is 270 Å². The molecule has 0 aliphatic carbocycles. The van der Waals surface area contributed by atoms with Crippen molar-refractivity contribution in [2.24, 2.45) is 0 Å². The smallest absolute Gasteiger partial charge is 0.306 e. The van der Waals surface area contributed by atoms with Crippen LogP contribution in [0.3, 0.4) is 0 Å². The highest BCUT2D eigenvalue weighted by atomic mass is 16.6. The number of carbonyl (C=O) groups is 3. The summed E-state index contributed by atoms with van der Waals surface area (Å²) in [6, 6.07) is 0. The number of carbonyl (C=O) groups excluding carboxylic acids is 3. The molecule has 0 radical (unpaired) electrons. The molecule has 0 fully saturated rings. The summed E-state index contributed by atoms with van der Waals surface area (Å²) in [6.07, 6.45) is 88.8. The van der Waals surface area contributed by atoms with E-state index in [2.05, 4.69) is 69.4 Å². The Morgan fingerprint density at radius 1 is 0.259 bits per heavy atom. The zero-order valence-corrected chi connectivity index (χ0v) is 54.6. The van der Waals surface area contributed by atoms with Crippen molar-refractivity contribution in [3.8, 4) is 0 Å². The molecule has 0 saturated carbocycles. The van der Waals surface area contributed by atoms with E-state index in [1.54, 1.807) is 0 Å². The standard InChI is InChI=1S/C75H138O6/c1-4-7-10-13-16-19-22-25-28-30-32-33-34-35-36-37-38-39-40-41-42-43-45-47-50-53-56-59-62-65-68-74(77)80-71-72(70-79-73(76)67-64-61-58-55-52-49-46-27-24-21-18-15-12-9-6-3)81-75(78)69-66-63-60-57-54-51-48-44-31-29-26-23-20-17-14-11-8-5-2/h9,12,18,21,27,46,52,55,72H,4-8,10-11,13-17,19-20,22-26,28-45,47-51,53-54,56-71H2,1-3H3/b12-9-,21-18-,46-27-,55-52-. The fourth-order valence-electron chi connectivity index (χ4n) is 11.0. The minimum atomic E-state index is -0.788. The molecular formula is C75H138O6. The van der Waals surface area contributed by atoms with Crippen molar-refractivity contribution in [2.45, 2.75) is 399 Å². The third-order valence-electron chi connectivity index (χ3n) is 16.3. The van der Waals surface area contributed by atoms with Crippen LogP contribution in [0.25, 0.3) is 0 Å². The van der Waals surface area contributed by atoms with Crippen molar-refractivity contribution in [1.29, 1.82) is 0 Å². The van der Waals surface area contributed by atoms with Crippen LogP contribution in [-0.2, 0) is 28.6 Å². The first-order chi connectivity index (χ1) is 40.0. The second-order valence-electron chi connectivity index (χ2n) is 24.5. The van der Waals surface area contributed by atoms with Gasteiger partial charge in [-0.1, -0.05) is 365 Å². The molecule has 0 aromatic heterocycles. The minimum Gasteiger partial charge on any atom is -0.462 e. The monoisotopic (exact) mass is 1140 g/mol. The summed E-state index contributed by atoms with van der Waals surface area (Å²) in [4.78, 5) is 38.4. The lowest BCUT2D eigenvalue weighted by atomic mass is 10.0. The topological polar surface area (TPSA) is 78.9 Å². The zero-order valence-electron chi connectivity index (χ0n) is 54.6. The lowest BCUT2D eigenvalue weighted by molar-refractivity contribution is -0.167. The van der Waals surface area contributed by atoms with E-state index in [4.69, 9.17) is 14.2 Å². The summed E-state index contributed by atoms with van der Waals surface area (Å²) in [5, 5.41) is 0. The molecule has 0 aliphatic rings. The van der Waals surface area contributed by atoms with Crippen LogP contribution in [0.15, 0.2) is 48.6 Å². The number of esters is 3. The fraction of sp³-hybridized carbons (Fsp3) is 0.853. The SMILES string of the molecule is CC/C=C\C/C=C\C/C=C\C/C=C\CCCCC(=O)OCC(COC(=O)CCCCCCCCCCCCCCCCCCCCCCCCCCCCCCCC)OC(=O)CCCCCCCCCCCCCCCCCCCC. The van der Waals surface area contributed by atoms with Crippen LogP contribution in [0, 0.1) is 0 Å². The Labute approximate surface area is 505 Å². The van der Waals surface area contributed by atoms with E-state index in [9.17, 15) is 14.4 Å². The molecule has 0 rings (SSSR count). The fourth-order valence-corrected chi connectivity index (χ4v) is 11.0. The maximum Gasteiger partial charge on any atom is 0.306 e. The molecule has 6 nitrogen and oxygen atoms in total. The summed E-state index contributed by atoms with van der Waals surface area (Å²) >= 11 is 0. The molecule has 1 atom stereocenters. The van der Waals surface area contributed by atoms with Gasteiger partial charge in [-0.15, -0.1) is 0 Å². The van der Waals surface area contributed by atoms with Gasteiger partial charge in [-0.05, 0) is 57.8 Å². The van der Waals surface area contributed by atoms with Crippen molar-refractivity contribution in [3.63, 3.8) is 0 Å². The molecule has 0 aromatic rings. The number of rotatable bonds is 67. The van der Waals surface area contributed by atoms with Crippen molar-refractivity contribution < 1.29 is 28.6 Å². The van der Waals surface area contributed by atoms with Crippen LogP contribution < -0.4 is 0 Å². The number of hydrogen-bond acceptors (Lipinski definition) is 6. The van der Waals surface area contributed by atoms with Gasteiger partial charge < -0.3 is 14.2 Å². The molecule has 0 bridgehead atoms. The first-order valence-corrected chi connectivity index (χ1v) is 36.1. The molecule has 0 N–H and O–H groups in total. The first-order valence-electron chi connectivity index (χ1n) is 36.1. The van der Waals surface area contributed by atoms with E-state index in [0.29, 0.717) is 19.3 Å². The predicted molar refractivity (Wildman–Crippen MR) is 353 cm³/mol. The van der Waals surface area contributed by atoms with Gasteiger partial charge in [0.25, 0.3) is 0 Å². The first kappa shape index (κ1) is 78.4. The Bertz CT molecular complexity index is 1400. The van der Waals surface area contributed by atoms with Gasteiger partial charge in [0.2, 0.25) is 0 Å². The molecule has 0 saturated heterocycles. The summed E-state index contributed by atoms with van der Waals surface area (Å²) in [7, 11) is 0. The van der Waals surface area contributed by atoms with E-state index in [1.807, 2.05) is 0 Å². The highest BCUT2D eigenvalue weighted by molar-refractivity contribution is 5.71. The van der Waals surface area contributed by atoms with Crippen LogP contribution in [0.4, 0.5) is 0 Å². The van der Waals surface area contributed by atoms with Gasteiger partial charge in [0, 0.05) is 19.3 Å². The summed E-state index contributed by atoms with van der Waals surface area (Å²) in [5.74, 6) is -0.897. The molecule has 1 unspecified atom stereocenters. The van der Waals surface area contributed by atoms with Crippen LogP contribution in [0.5, 0.6) is 0 Å². The van der Waals surface area contributed by atoms with E-state index < -0.39 is 6.10 Å². The quantitative estimate of drug-likeness (QED) is 0.0261. The van der Waals surface area contributed by atoms with Crippen LogP contribution in [-0.4, -0.2) is 37.2 Å². The van der Waals surface area contributed by atoms with Gasteiger partial charge in [-0.3, -0.25) is 14.4 Å². The Kier molecular flexibility index (Phi) is 67.6. The van der Waals surface area contributed by atoms with Crippen molar-refractivity contribution in [1.82, 2.24) is 0 Å². The molecular weight excluding hydrogens is 997 g/mol. The number of unbranched alkanes of at least 4 members (excludes halogenated alkanes) is 48. The zero-order chi connectivity index (χ0) is 58.5. The molecule has 81 heavy (non-hydrogen) atoms. The average Bonchev–Trinajstić information content (AvgIpc) is 3.47. The van der Waals surface area contributed by atoms with E-state index in [0.717, 1.165) is 83.5 Å². The van der Waals surface area contributed by atoms with Crippen LogP contribution >= 0.6 is 0 Å². The molecule has 6 heteroatoms. The number of ether oxygens (including phenoxy) is 3. The molecule has 0 aliphatic heterocycles. The maximum atomic E-state index is 12.9. The summed E-state index contributed by atoms with van der Waals surface area (Å²) in [6.45, 7) is 6.57. The number of hydrogen-bond donors (Lipinski definition) is 0. The van der Waals surface area contributed by atoms with E-state index >= 15 is 0 Å². The third kappa shape index (κ3) is 68.0. The molecule has 474 valence electrons. The van der Waals surface area contributed by atoms with Crippen LogP contribution in [0.2, 0.25) is 0 Å². The minimum absolute atomic E-state index is 0.0810. The largest absolute Gasteiger partial charge is 0.462 e. The van der Waals surface area contributed by atoms with Gasteiger partial charge >= 0.3 is 17.9 Å². The Hall–Kier alpha value is -2.63. The summed E-state index contributed by atoms with van der Waals surface area (Å²) < 4.78 is 17.0. The second-order valence-corrected chi connectivity index (χ2v) is 24.5. The third-order valence-corrected chi connectivity index (χ3v) is 16.3. The summed E-state index contributed by atoms with van der Waals surface area (Å²) in [5.41, 5.74) is 0. The Morgan fingerprint density at radius 3 is 0.753 bits per heavy atom. The van der Waals surface area contributed by atoms with Gasteiger partial charge in [-0.2, -0.15) is 0 Å². The number of allylic oxidation sites excluding steroid dienone is 8. The second kappa shape index (κ2) is 69.9. The Balaban J connectivity index is 4.20. The van der Waals surface area contributed by atoms with Crippen molar-refractivity contribution in [2.75, 3.05) is 13.2 Å². The van der Waals surface area contributed by atoms with Crippen molar-refractivity contribution >= 4 is 17.9 Å². The Morgan fingerprint density at radius 2 is 0.481 bits per heavy atom. The van der Waals surface area contributed by atoms with Gasteiger partial charge in [0.05, 0.1) is 0 Å². The molecule has 0 aromatic carbocycles. The highest BCUT2D eigenvalue weighted by Gasteiger charge is 2.19. The average molecular weight is 1140 g/mol. The predicted octanol–water partition coefficient (Wildman–Crippen LogP) is 24.9. The van der Waals surface area contributed by atoms with Gasteiger partial charge in [0.1, 0.15) is 13.2 Å². The highest BCUT2D eigenvalue weighted by Crippen LogP contribution is 2.19. The lowest BCUT2D eigenvalue weighted by Crippen LogP contribution is -2.30.